The number of aliphatic hydroxyl groups excluding tert-OH is 2. The molecule has 3 unspecified atom stereocenters. The second-order valence-corrected chi connectivity index (χ2v) is 5.38. The Morgan fingerprint density at radius 1 is 1.44 bits per heavy atom. The molecule has 0 aromatic rings. The predicted octanol–water partition coefficient (Wildman–Crippen LogP) is 0.766. The van der Waals surface area contributed by atoms with Crippen molar-refractivity contribution in [1.82, 2.24) is 5.32 Å². The largest absolute Gasteiger partial charge is 0.394 e. The van der Waals surface area contributed by atoms with Gasteiger partial charge in [-0.2, -0.15) is 0 Å². The number of hydrogen-bond acceptors (Lipinski definition) is 4. The van der Waals surface area contributed by atoms with Crippen LogP contribution in [0.4, 0.5) is 0 Å². The first-order valence-electron chi connectivity index (χ1n) is 5.72. The summed E-state index contributed by atoms with van der Waals surface area (Å²) in [5, 5.41) is 20.5. The second-order valence-electron chi connectivity index (χ2n) is 4.01. The number of carbonyl (C=O) groups excluding carboxylic acids is 1. The third-order valence-corrected chi connectivity index (χ3v) is 3.52. The lowest BCUT2D eigenvalue weighted by Gasteiger charge is -2.17. The standard InChI is InChI=1S/C11H23NO3S/c1-4-5-8(2)12-11(15)9(3)16-7-10(14)6-13/h8-10,13-14H,4-7H2,1-3H3,(H,12,15). The number of carbonyl (C=O) groups is 1. The molecule has 0 aromatic carbocycles. The maximum absolute atomic E-state index is 11.7. The Labute approximate surface area is 102 Å². The Hall–Kier alpha value is -0.260. The van der Waals surface area contributed by atoms with Crippen molar-refractivity contribution in [2.45, 2.75) is 51.0 Å². The molecule has 0 fully saturated rings. The molecule has 96 valence electrons. The highest BCUT2D eigenvalue weighted by Gasteiger charge is 2.16. The molecule has 0 bridgehead atoms. The van der Waals surface area contributed by atoms with Crippen LogP contribution >= 0.6 is 11.8 Å². The molecule has 0 heterocycles. The van der Waals surface area contributed by atoms with E-state index in [9.17, 15) is 4.79 Å². The van der Waals surface area contributed by atoms with Gasteiger partial charge in [0, 0.05) is 11.8 Å². The van der Waals surface area contributed by atoms with E-state index in [1.807, 2.05) is 13.8 Å². The topological polar surface area (TPSA) is 69.6 Å². The third-order valence-electron chi connectivity index (χ3n) is 2.23. The molecule has 3 atom stereocenters. The van der Waals surface area contributed by atoms with Crippen molar-refractivity contribution < 1.29 is 15.0 Å². The Morgan fingerprint density at radius 3 is 2.56 bits per heavy atom. The van der Waals surface area contributed by atoms with Crippen LogP contribution in [0.1, 0.15) is 33.6 Å². The highest BCUT2D eigenvalue weighted by atomic mass is 32.2. The second kappa shape index (κ2) is 8.84. The maximum Gasteiger partial charge on any atom is 0.233 e. The zero-order valence-corrected chi connectivity index (χ0v) is 11.1. The molecule has 0 saturated carbocycles. The van der Waals surface area contributed by atoms with E-state index in [0.717, 1.165) is 12.8 Å². The summed E-state index contributed by atoms with van der Waals surface area (Å²) in [6.45, 7) is 5.62. The molecule has 16 heavy (non-hydrogen) atoms. The molecule has 0 radical (unpaired) electrons. The van der Waals surface area contributed by atoms with Gasteiger partial charge in [0.05, 0.1) is 18.0 Å². The molecule has 1 amide bonds. The summed E-state index contributed by atoms with van der Waals surface area (Å²) in [4.78, 5) is 11.7. The summed E-state index contributed by atoms with van der Waals surface area (Å²) in [6.07, 6.45) is 1.28. The summed E-state index contributed by atoms with van der Waals surface area (Å²) in [5.74, 6) is 0.379. The molecule has 0 aromatic heterocycles. The van der Waals surface area contributed by atoms with Gasteiger partial charge in [0.15, 0.2) is 0 Å². The highest BCUT2D eigenvalue weighted by molar-refractivity contribution is 8.00. The number of hydrogen-bond donors (Lipinski definition) is 3. The monoisotopic (exact) mass is 249 g/mol. The first-order valence-corrected chi connectivity index (χ1v) is 6.77. The molecule has 0 spiro atoms. The van der Waals surface area contributed by atoms with E-state index in [0.29, 0.717) is 5.75 Å². The van der Waals surface area contributed by atoms with Crippen LogP contribution < -0.4 is 5.32 Å². The van der Waals surface area contributed by atoms with E-state index in [2.05, 4.69) is 12.2 Å². The minimum absolute atomic E-state index is 0.00362. The van der Waals surface area contributed by atoms with E-state index < -0.39 is 6.10 Å². The summed E-state index contributed by atoms with van der Waals surface area (Å²) < 4.78 is 0. The number of nitrogens with one attached hydrogen (secondary N) is 1. The Balaban J connectivity index is 3.81. The molecule has 0 saturated heterocycles. The van der Waals surface area contributed by atoms with Gasteiger partial charge in [-0.25, -0.2) is 0 Å². The SMILES string of the molecule is CCCC(C)NC(=O)C(C)SCC(O)CO. The summed E-state index contributed by atoms with van der Waals surface area (Å²) in [5.41, 5.74) is 0. The Bertz CT molecular complexity index is 202. The van der Waals surface area contributed by atoms with Gasteiger partial charge < -0.3 is 15.5 Å². The van der Waals surface area contributed by atoms with Crippen molar-refractivity contribution in [1.29, 1.82) is 0 Å². The molecule has 5 heteroatoms. The first-order chi connectivity index (χ1) is 7.51. The number of rotatable bonds is 8. The average Bonchev–Trinajstić information content (AvgIpc) is 2.25. The lowest BCUT2D eigenvalue weighted by molar-refractivity contribution is -0.120. The van der Waals surface area contributed by atoms with Crippen molar-refractivity contribution in [3.8, 4) is 0 Å². The van der Waals surface area contributed by atoms with Crippen LogP contribution in [0.25, 0.3) is 0 Å². The quantitative estimate of drug-likeness (QED) is 0.594. The smallest absolute Gasteiger partial charge is 0.233 e. The lowest BCUT2D eigenvalue weighted by Crippen LogP contribution is -2.38. The zero-order chi connectivity index (χ0) is 12.6. The molecule has 0 aliphatic heterocycles. The minimum Gasteiger partial charge on any atom is -0.394 e. The summed E-state index contributed by atoms with van der Waals surface area (Å²) in [6, 6.07) is 0.198. The van der Waals surface area contributed by atoms with Gasteiger partial charge in [0.2, 0.25) is 5.91 Å². The van der Waals surface area contributed by atoms with Gasteiger partial charge in [-0.15, -0.1) is 11.8 Å². The summed E-state index contributed by atoms with van der Waals surface area (Å²) in [7, 11) is 0. The van der Waals surface area contributed by atoms with Crippen molar-refractivity contribution in [3.63, 3.8) is 0 Å². The Morgan fingerprint density at radius 2 is 2.06 bits per heavy atom. The minimum atomic E-state index is -0.742. The molecular formula is C11H23NO3S. The van der Waals surface area contributed by atoms with Gasteiger partial charge in [0.25, 0.3) is 0 Å². The van der Waals surface area contributed by atoms with Crippen LogP contribution in [0.15, 0.2) is 0 Å². The first kappa shape index (κ1) is 15.7. The third kappa shape index (κ3) is 7.09. The van der Waals surface area contributed by atoms with Gasteiger partial charge in [-0.3, -0.25) is 4.79 Å². The van der Waals surface area contributed by atoms with Crippen LogP contribution in [-0.4, -0.2) is 45.9 Å². The van der Waals surface area contributed by atoms with Gasteiger partial charge in [0.1, 0.15) is 0 Å². The fraction of sp³-hybridized carbons (Fsp3) is 0.909. The summed E-state index contributed by atoms with van der Waals surface area (Å²) >= 11 is 1.36. The highest BCUT2D eigenvalue weighted by Crippen LogP contribution is 2.12. The normalized spacial score (nSPS) is 16.6. The fourth-order valence-electron chi connectivity index (χ4n) is 1.25. The molecule has 0 aliphatic rings. The maximum atomic E-state index is 11.7. The van der Waals surface area contributed by atoms with Gasteiger partial charge >= 0.3 is 0 Å². The molecule has 0 rings (SSSR count). The van der Waals surface area contributed by atoms with E-state index >= 15 is 0 Å². The Kier molecular flexibility index (Phi) is 8.70. The molecular weight excluding hydrogens is 226 g/mol. The number of amides is 1. The van der Waals surface area contributed by atoms with Crippen molar-refractivity contribution in [3.05, 3.63) is 0 Å². The van der Waals surface area contributed by atoms with Crippen LogP contribution in [0.3, 0.4) is 0 Å². The van der Waals surface area contributed by atoms with Crippen molar-refractivity contribution in [2.75, 3.05) is 12.4 Å². The van der Waals surface area contributed by atoms with Gasteiger partial charge in [-0.1, -0.05) is 13.3 Å². The molecule has 0 aliphatic carbocycles. The number of aliphatic hydroxyl groups is 2. The fourth-order valence-corrected chi connectivity index (χ4v) is 2.08. The van der Waals surface area contributed by atoms with Crippen molar-refractivity contribution in [2.24, 2.45) is 0 Å². The van der Waals surface area contributed by atoms with Crippen LogP contribution in [0, 0.1) is 0 Å². The van der Waals surface area contributed by atoms with Gasteiger partial charge in [-0.05, 0) is 20.3 Å². The number of thioether (sulfide) groups is 1. The van der Waals surface area contributed by atoms with Crippen LogP contribution in [0.2, 0.25) is 0 Å². The van der Waals surface area contributed by atoms with Crippen LogP contribution in [-0.2, 0) is 4.79 Å². The van der Waals surface area contributed by atoms with E-state index in [1.54, 1.807) is 0 Å². The van der Waals surface area contributed by atoms with Crippen molar-refractivity contribution >= 4 is 17.7 Å². The van der Waals surface area contributed by atoms with E-state index in [1.165, 1.54) is 11.8 Å². The van der Waals surface area contributed by atoms with Crippen LogP contribution in [0.5, 0.6) is 0 Å². The zero-order valence-electron chi connectivity index (χ0n) is 10.3. The van der Waals surface area contributed by atoms with E-state index in [-0.39, 0.29) is 23.8 Å². The molecule has 4 nitrogen and oxygen atoms in total. The average molecular weight is 249 g/mol. The molecule has 3 N–H and O–H groups in total. The lowest BCUT2D eigenvalue weighted by atomic mass is 10.2. The predicted molar refractivity (Wildman–Crippen MR) is 67.5 cm³/mol. The van der Waals surface area contributed by atoms with E-state index in [4.69, 9.17) is 10.2 Å².